The molecule has 82 valence electrons. The fraction of sp³-hybridized carbons (Fsp3) is 0.909. The lowest BCUT2D eigenvalue weighted by Gasteiger charge is -2.38. The second kappa shape index (κ2) is 4.30. The molecular weight excluding hydrogens is 178 g/mol. The van der Waals surface area contributed by atoms with E-state index < -0.39 is 5.97 Å². The number of carbonyl (C=O) groups is 1. The maximum Gasteiger partial charge on any atom is 0.0884 e. The van der Waals surface area contributed by atoms with Crippen LogP contribution in [-0.4, -0.2) is 37.6 Å². The summed E-state index contributed by atoms with van der Waals surface area (Å²) in [6.45, 7) is 0. The highest BCUT2D eigenvalue weighted by atomic mass is 16.4. The zero-order valence-electron chi connectivity index (χ0n) is 9.45. The fourth-order valence-corrected chi connectivity index (χ4v) is 2.36. The molecule has 0 aromatic heterocycles. The van der Waals surface area contributed by atoms with Gasteiger partial charge in [-0.15, -0.1) is 0 Å². The summed E-state index contributed by atoms with van der Waals surface area (Å²) in [5, 5.41) is 10.4. The summed E-state index contributed by atoms with van der Waals surface area (Å²) in [5.41, 5.74) is 0. The van der Waals surface area contributed by atoms with Crippen molar-refractivity contribution < 1.29 is 14.4 Å². The van der Waals surface area contributed by atoms with E-state index in [0.717, 1.165) is 30.2 Å². The SMILES string of the molecule is C[N+](C)(C)C1CCC(CC(=O)[O-])CC1. The molecule has 3 heteroatoms. The topological polar surface area (TPSA) is 40.1 Å². The van der Waals surface area contributed by atoms with Gasteiger partial charge in [0.1, 0.15) is 0 Å². The highest BCUT2D eigenvalue weighted by Crippen LogP contribution is 2.30. The predicted molar refractivity (Wildman–Crippen MR) is 53.4 cm³/mol. The van der Waals surface area contributed by atoms with Crippen molar-refractivity contribution in [3.05, 3.63) is 0 Å². The van der Waals surface area contributed by atoms with Crippen molar-refractivity contribution >= 4 is 5.97 Å². The lowest BCUT2D eigenvalue weighted by molar-refractivity contribution is -0.897. The summed E-state index contributed by atoms with van der Waals surface area (Å²) in [6, 6.07) is 0.702. The molecule has 0 unspecified atom stereocenters. The second-order valence-electron chi connectivity index (χ2n) is 5.37. The fourth-order valence-electron chi connectivity index (χ4n) is 2.36. The molecule has 14 heavy (non-hydrogen) atoms. The molecule has 0 radical (unpaired) electrons. The second-order valence-corrected chi connectivity index (χ2v) is 5.37. The molecule has 0 saturated heterocycles. The van der Waals surface area contributed by atoms with E-state index in [2.05, 4.69) is 21.1 Å². The zero-order valence-corrected chi connectivity index (χ0v) is 9.45. The number of carbonyl (C=O) groups excluding carboxylic acids is 1. The summed E-state index contributed by atoms with van der Waals surface area (Å²) >= 11 is 0. The molecule has 1 rings (SSSR count). The predicted octanol–water partition coefficient (Wildman–Crippen LogP) is 0.391. The van der Waals surface area contributed by atoms with Crippen LogP contribution < -0.4 is 5.11 Å². The van der Waals surface area contributed by atoms with Gasteiger partial charge in [-0.25, -0.2) is 0 Å². The number of carboxylic acid groups (broad SMARTS) is 1. The molecule has 0 heterocycles. The normalized spacial score (nSPS) is 28.8. The van der Waals surface area contributed by atoms with Crippen molar-refractivity contribution in [1.82, 2.24) is 0 Å². The van der Waals surface area contributed by atoms with Gasteiger partial charge in [0.05, 0.1) is 27.2 Å². The van der Waals surface area contributed by atoms with Crippen molar-refractivity contribution in [3.63, 3.8) is 0 Å². The van der Waals surface area contributed by atoms with Crippen molar-refractivity contribution in [2.24, 2.45) is 5.92 Å². The van der Waals surface area contributed by atoms with Gasteiger partial charge in [0.15, 0.2) is 0 Å². The number of nitrogens with zero attached hydrogens (tertiary/aromatic N) is 1. The van der Waals surface area contributed by atoms with Gasteiger partial charge in [-0.05, 0) is 38.0 Å². The molecule has 0 aromatic rings. The molecule has 0 spiro atoms. The molecule has 0 N–H and O–H groups in total. The number of carboxylic acids is 1. The number of quaternary nitrogens is 1. The van der Waals surface area contributed by atoms with Crippen LogP contribution in [0.1, 0.15) is 32.1 Å². The average molecular weight is 199 g/mol. The van der Waals surface area contributed by atoms with E-state index in [9.17, 15) is 9.90 Å². The summed E-state index contributed by atoms with van der Waals surface area (Å²) in [6.07, 6.45) is 4.66. The van der Waals surface area contributed by atoms with Crippen LogP contribution in [-0.2, 0) is 4.79 Å². The maximum absolute atomic E-state index is 10.4. The van der Waals surface area contributed by atoms with Gasteiger partial charge in [-0.2, -0.15) is 0 Å². The Morgan fingerprint density at radius 1 is 1.21 bits per heavy atom. The quantitative estimate of drug-likeness (QED) is 0.617. The molecule has 1 aliphatic carbocycles. The van der Waals surface area contributed by atoms with Gasteiger partial charge in [-0.3, -0.25) is 0 Å². The van der Waals surface area contributed by atoms with Gasteiger partial charge < -0.3 is 14.4 Å². The van der Waals surface area contributed by atoms with E-state index >= 15 is 0 Å². The van der Waals surface area contributed by atoms with Crippen LogP contribution >= 0.6 is 0 Å². The molecule has 1 saturated carbocycles. The highest BCUT2D eigenvalue weighted by molar-refractivity contribution is 5.64. The minimum atomic E-state index is -0.890. The first-order chi connectivity index (χ1) is 6.39. The minimum absolute atomic E-state index is 0.254. The van der Waals surface area contributed by atoms with Crippen LogP contribution in [0.4, 0.5) is 0 Å². The summed E-state index contributed by atoms with van der Waals surface area (Å²) in [7, 11) is 6.64. The zero-order chi connectivity index (χ0) is 10.8. The van der Waals surface area contributed by atoms with E-state index in [1.165, 1.54) is 0 Å². The van der Waals surface area contributed by atoms with Gasteiger partial charge in [0.2, 0.25) is 0 Å². The maximum atomic E-state index is 10.4. The number of hydrogen-bond donors (Lipinski definition) is 0. The van der Waals surface area contributed by atoms with Crippen molar-refractivity contribution in [1.29, 1.82) is 0 Å². The van der Waals surface area contributed by atoms with E-state index in [1.54, 1.807) is 0 Å². The van der Waals surface area contributed by atoms with Gasteiger partial charge in [-0.1, -0.05) is 0 Å². The smallest absolute Gasteiger partial charge is 0.0884 e. The summed E-state index contributed by atoms with van der Waals surface area (Å²) in [5.74, 6) is -0.526. The van der Waals surface area contributed by atoms with Crippen LogP contribution in [0.3, 0.4) is 0 Å². The van der Waals surface area contributed by atoms with Gasteiger partial charge in [0, 0.05) is 5.97 Å². The number of hydrogen-bond acceptors (Lipinski definition) is 2. The molecule has 0 aliphatic heterocycles. The van der Waals surface area contributed by atoms with Crippen molar-refractivity contribution in [2.75, 3.05) is 21.1 Å². The molecule has 0 atom stereocenters. The van der Waals surface area contributed by atoms with Crippen molar-refractivity contribution in [3.8, 4) is 0 Å². The third-order valence-electron chi connectivity index (χ3n) is 3.37. The first kappa shape index (κ1) is 11.5. The lowest BCUT2D eigenvalue weighted by atomic mass is 9.83. The lowest BCUT2D eigenvalue weighted by Crippen LogP contribution is -2.47. The van der Waals surface area contributed by atoms with Crippen molar-refractivity contribution in [2.45, 2.75) is 38.1 Å². The van der Waals surface area contributed by atoms with Gasteiger partial charge >= 0.3 is 0 Å². The third-order valence-corrected chi connectivity index (χ3v) is 3.37. The monoisotopic (exact) mass is 199 g/mol. The molecule has 0 aromatic carbocycles. The largest absolute Gasteiger partial charge is 0.550 e. The third kappa shape index (κ3) is 3.29. The van der Waals surface area contributed by atoms with Gasteiger partial charge in [0.25, 0.3) is 0 Å². The van der Waals surface area contributed by atoms with E-state index in [4.69, 9.17) is 0 Å². The number of aliphatic carboxylic acids is 1. The Hall–Kier alpha value is -0.570. The average Bonchev–Trinajstić information content (AvgIpc) is 2.02. The Morgan fingerprint density at radius 3 is 2.07 bits per heavy atom. The molecular formula is C11H21NO2. The van der Waals surface area contributed by atoms with Crippen LogP contribution in [0, 0.1) is 5.92 Å². The molecule has 1 aliphatic rings. The minimum Gasteiger partial charge on any atom is -0.550 e. The van der Waals surface area contributed by atoms with E-state index in [-0.39, 0.29) is 6.42 Å². The Balaban J connectivity index is 2.35. The molecule has 0 bridgehead atoms. The summed E-state index contributed by atoms with van der Waals surface area (Å²) in [4.78, 5) is 10.4. The van der Waals surface area contributed by atoms with Crippen LogP contribution in [0.2, 0.25) is 0 Å². The van der Waals surface area contributed by atoms with E-state index in [0.29, 0.717) is 12.0 Å². The first-order valence-electron chi connectivity index (χ1n) is 5.40. The Labute approximate surface area is 86.3 Å². The van der Waals surface area contributed by atoms with Crippen LogP contribution in [0.25, 0.3) is 0 Å². The van der Waals surface area contributed by atoms with Crippen LogP contribution in [0.15, 0.2) is 0 Å². The van der Waals surface area contributed by atoms with Crippen LogP contribution in [0.5, 0.6) is 0 Å². The van der Waals surface area contributed by atoms with E-state index in [1.807, 2.05) is 0 Å². The summed E-state index contributed by atoms with van der Waals surface area (Å²) < 4.78 is 0.998. The molecule has 1 fully saturated rings. The molecule has 0 amide bonds. The number of rotatable bonds is 3. The Kier molecular flexibility index (Phi) is 3.53. The first-order valence-corrected chi connectivity index (χ1v) is 5.40. The highest BCUT2D eigenvalue weighted by Gasteiger charge is 2.29. The molecule has 3 nitrogen and oxygen atoms in total. The Bertz CT molecular complexity index is 200. The Morgan fingerprint density at radius 2 is 1.71 bits per heavy atom. The standard InChI is InChI=1S/C11H21NO2/c1-12(2,3)10-6-4-9(5-7-10)8-11(13)14/h9-10H,4-8H2,1-3H3.